The van der Waals surface area contributed by atoms with Gasteiger partial charge in [-0.05, 0) is 30.5 Å². The standard InChI is InChI=1S/C13H17BrO3/c1-3-13(17,4-2)11(12(15)16)9-6-5-7-10(14)8-9/h5-8,11,17H,3-4H2,1-2H3,(H,15,16). The summed E-state index contributed by atoms with van der Waals surface area (Å²) in [6, 6.07) is 7.09. The number of carboxylic acid groups (broad SMARTS) is 1. The fourth-order valence-corrected chi connectivity index (χ4v) is 2.44. The Morgan fingerprint density at radius 2 is 2.00 bits per heavy atom. The zero-order valence-corrected chi connectivity index (χ0v) is 11.6. The van der Waals surface area contributed by atoms with Gasteiger partial charge in [0.2, 0.25) is 0 Å². The molecular formula is C13H17BrO3. The molecule has 0 radical (unpaired) electrons. The molecule has 1 atom stereocenters. The van der Waals surface area contributed by atoms with Crippen molar-refractivity contribution in [2.24, 2.45) is 0 Å². The Morgan fingerprint density at radius 3 is 2.41 bits per heavy atom. The molecule has 17 heavy (non-hydrogen) atoms. The van der Waals surface area contributed by atoms with Gasteiger partial charge in [-0.1, -0.05) is 41.9 Å². The summed E-state index contributed by atoms with van der Waals surface area (Å²) in [4.78, 5) is 11.4. The first kappa shape index (κ1) is 14.2. The van der Waals surface area contributed by atoms with Crippen molar-refractivity contribution in [1.82, 2.24) is 0 Å². The molecule has 0 aromatic heterocycles. The second-order valence-electron chi connectivity index (χ2n) is 4.14. The lowest BCUT2D eigenvalue weighted by Crippen LogP contribution is -2.39. The van der Waals surface area contributed by atoms with Crippen LogP contribution in [-0.4, -0.2) is 21.8 Å². The minimum atomic E-state index is -1.20. The first-order chi connectivity index (χ1) is 7.94. The Kier molecular flexibility index (Phi) is 4.71. The van der Waals surface area contributed by atoms with Crippen molar-refractivity contribution in [2.45, 2.75) is 38.2 Å². The largest absolute Gasteiger partial charge is 0.481 e. The highest BCUT2D eigenvalue weighted by Crippen LogP contribution is 2.35. The van der Waals surface area contributed by atoms with E-state index in [0.29, 0.717) is 18.4 Å². The molecule has 0 aliphatic carbocycles. The van der Waals surface area contributed by atoms with Gasteiger partial charge in [0.25, 0.3) is 0 Å². The van der Waals surface area contributed by atoms with Crippen LogP contribution in [0.4, 0.5) is 0 Å². The van der Waals surface area contributed by atoms with Crippen molar-refractivity contribution in [2.75, 3.05) is 0 Å². The van der Waals surface area contributed by atoms with Gasteiger partial charge in [-0.25, -0.2) is 0 Å². The van der Waals surface area contributed by atoms with E-state index in [9.17, 15) is 15.0 Å². The zero-order chi connectivity index (χ0) is 13.1. The van der Waals surface area contributed by atoms with Crippen molar-refractivity contribution >= 4 is 21.9 Å². The molecule has 2 N–H and O–H groups in total. The summed E-state index contributed by atoms with van der Waals surface area (Å²) in [6.45, 7) is 3.61. The monoisotopic (exact) mass is 300 g/mol. The zero-order valence-electron chi connectivity index (χ0n) is 9.98. The Morgan fingerprint density at radius 1 is 1.41 bits per heavy atom. The van der Waals surface area contributed by atoms with E-state index in [4.69, 9.17) is 0 Å². The summed E-state index contributed by atoms with van der Waals surface area (Å²) < 4.78 is 0.816. The van der Waals surface area contributed by atoms with Crippen molar-refractivity contribution in [3.05, 3.63) is 34.3 Å². The lowest BCUT2D eigenvalue weighted by atomic mass is 9.78. The average molecular weight is 301 g/mol. The molecule has 0 saturated carbocycles. The topological polar surface area (TPSA) is 57.5 Å². The summed E-state index contributed by atoms with van der Waals surface area (Å²) in [5, 5.41) is 19.7. The Labute approximate surface area is 110 Å². The van der Waals surface area contributed by atoms with Crippen LogP contribution in [0.25, 0.3) is 0 Å². The van der Waals surface area contributed by atoms with E-state index in [1.807, 2.05) is 6.07 Å². The van der Waals surface area contributed by atoms with E-state index in [1.165, 1.54) is 0 Å². The number of aliphatic hydroxyl groups is 1. The molecule has 0 aliphatic heterocycles. The van der Waals surface area contributed by atoms with Gasteiger partial charge >= 0.3 is 5.97 Å². The third-order valence-corrected chi connectivity index (χ3v) is 3.68. The lowest BCUT2D eigenvalue weighted by molar-refractivity contribution is -0.146. The normalized spacial score (nSPS) is 13.4. The molecule has 1 unspecified atom stereocenters. The molecule has 94 valence electrons. The molecule has 1 aromatic carbocycles. The fraction of sp³-hybridized carbons (Fsp3) is 0.462. The van der Waals surface area contributed by atoms with Crippen LogP contribution in [0.15, 0.2) is 28.7 Å². The lowest BCUT2D eigenvalue weighted by Gasteiger charge is -2.32. The van der Waals surface area contributed by atoms with Crippen molar-refractivity contribution in [3.8, 4) is 0 Å². The van der Waals surface area contributed by atoms with E-state index in [1.54, 1.807) is 32.0 Å². The number of halogens is 1. The van der Waals surface area contributed by atoms with Crippen LogP contribution in [0.1, 0.15) is 38.2 Å². The van der Waals surface area contributed by atoms with Gasteiger partial charge in [0.05, 0.1) is 5.60 Å². The maximum absolute atomic E-state index is 11.4. The molecule has 0 fully saturated rings. The first-order valence-corrected chi connectivity index (χ1v) is 6.44. The highest BCUT2D eigenvalue weighted by atomic mass is 79.9. The molecule has 4 heteroatoms. The highest BCUT2D eigenvalue weighted by Gasteiger charge is 2.39. The van der Waals surface area contributed by atoms with E-state index in [2.05, 4.69) is 15.9 Å². The van der Waals surface area contributed by atoms with E-state index >= 15 is 0 Å². The predicted molar refractivity (Wildman–Crippen MR) is 70.1 cm³/mol. The van der Waals surface area contributed by atoms with Crippen LogP contribution >= 0.6 is 15.9 Å². The van der Waals surface area contributed by atoms with Crippen LogP contribution in [0.2, 0.25) is 0 Å². The van der Waals surface area contributed by atoms with E-state index < -0.39 is 17.5 Å². The first-order valence-electron chi connectivity index (χ1n) is 5.65. The van der Waals surface area contributed by atoms with Gasteiger partial charge < -0.3 is 10.2 Å². The number of hydrogen-bond acceptors (Lipinski definition) is 2. The SMILES string of the molecule is CCC(O)(CC)C(C(=O)O)c1cccc(Br)c1. The Balaban J connectivity index is 3.23. The highest BCUT2D eigenvalue weighted by molar-refractivity contribution is 9.10. The van der Waals surface area contributed by atoms with Gasteiger partial charge in [0, 0.05) is 4.47 Å². The molecule has 0 spiro atoms. The minimum absolute atomic E-state index is 0.410. The number of rotatable bonds is 5. The van der Waals surface area contributed by atoms with Gasteiger partial charge in [-0.2, -0.15) is 0 Å². The fourth-order valence-electron chi connectivity index (χ4n) is 2.03. The summed E-state index contributed by atoms with van der Waals surface area (Å²) in [6.07, 6.45) is 0.819. The van der Waals surface area contributed by atoms with Crippen LogP contribution in [0, 0.1) is 0 Å². The number of aliphatic carboxylic acids is 1. The maximum Gasteiger partial charge on any atom is 0.313 e. The van der Waals surface area contributed by atoms with Crippen LogP contribution < -0.4 is 0 Å². The maximum atomic E-state index is 11.4. The number of carbonyl (C=O) groups is 1. The molecule has 3 nitrogen and oxygen atoms in total. The quantitative estimate of drug-likeness (QED) is 0.878. The summed E-state index contributed by atoms with van der Waals surface area (Å²) in [7, 11) is 0. The molecule has 1 rings (SSSR count). The second kappa shape index (κ2) is 5.65. The second-order valence-corrected chi connectivity index (χ2v) is 5.05. The number of carboxylic acids is 1. The van der Waals surface area contributed by atoms with Crippen LogP contribution in [0.5, 0.6) is 0 Å². The number of benzene rings is 1. The van der Waals surface area contributed by atoms with Crippen LogP contribution in [0.3, 0.4) is 0 Å². The summed E-state index contributed by atoms with van der Waals surface area (Å²) in [5.41, 5.74) is -0.579. The third kappa shape index (κ3) is 3.07. The van der Waals surface area contributed by atoms with E-state index in [-0.39, 0.29) is 0 Å². The molecule has 0 bridgehead atoms. The molecular weight excluding hydrogens is 284 g/mol. The van der Waals surface area contributed by atoms with Crippen molar-refractivity contribution in [1.29, 1.82) is 0 Å². The van der Waals surface area contributed by atoms with Gasteiger partial charge in [0.1, 0.15) is 5.92 Å². The van der Waals surface area contributed by atoms with Gasteiger partial charge in [0.15, 0.2) is 0 Å². The Hall–Kier alpha value is -0.870. The molecule has 0 heterocycles. The number of hydrogen-bond donors (Lipinski definition) is 2. The average Bonchev–Trinajstić information content (AvgIpc) is 2.28. The Bertz CT molecular complexity index is 399. The molecule has 0 amide bonds. The summed E-state index contributed by atoms with van der Waals surface area (Å²) in [5.74, 6) is -1.88. The van der Waals surface area contributed by atoms with Crippen molar-refractivity contribution < 1.29 is 15.0 Å². The summed E-state index contributed by atoms with van der Waals surface area (Å²) >= 11 is 3.32. The van der Waals surface area contributed by atoms with Gasteiger partial charge in [-0.15, -0.1) is 0 Å². The van der Waals surface area contributed by atoms with Gasteiger partial charge in [-0.3, -0.25) is 4.79 Å². The molecule has 0 saturated heterocycles. The van der Waals surface area contributed by atoms with E-state index in [0.717, 1.165) is 4.47 Å². The van der Waals surface area contributed by atoms with Crippen LogP contribution in [-0.2, 0) is 4.79 Å². The van der Waals surface area contributed by atoms with Crippen molar-refractivity contribution in [3.63, 3.8) is 0 Å². The smallest absolute Gasteiger partial charge is 0.313 e. The predicted octanol–water partition coefficient (Wildman–Crippen LogP) is 3.17. The minimum Gasteiger partial charge on any atom is -0.481 e. The molecule has 0 aliphatic rings. The molecule has 1 aromatic rings. The third-order valence-electron chi connectivity index (χ3n) is 3.19.